The number of nitrogens with zero attached hydrogens (tertiary/aromatic N) is 4. The van der Waals surface area contributed by atoms with Crippen LogP contribution < -0.4 is 10.6 Å². The molecular formula is C16H23FN6O3. The number of carbonyl (C=O) groups excluding carboxylic acids is 1. The van der Waals surface area contributed by atoms with Crippen molar-refractivity contribution in [2.24, 2.45) is 11.8 Å². The number of fused-ring (bicyclic) bond motifs is 1. The van der Waals surface area contributed by atoms with Gasteiger partial charge in [0.1, 0.15) is 0 Å². The number of rotatable bonds is 5. The number of carbonyl (C=O) groups is 1. The number of imidazole rings is 1. The zero-order valence-corrected chi connectivity index (χ0v) is 15.1. The molecule has 2 aromatic rings. The lowest BCUT2D eigenvalue weighted by Crippen LogP contribution is -2.22. The monoisotopic (exact) mass is 366 g/mol. The average molecular weight is 366 g/mol. The first kappa shape index (κ1) is 18.5. The van der Waals surface area contributed by atoms with Crippen molar-refractivity contribution < 1.29 is 19.0 Å². The highest BCUT2D eigenvalue weighted by atomic mass is 19.1. The van der Waals surface area contributed by atoms with Gasteiger partial charge in [0.15, 0.2) is 29.4 Å². The Hall–Kier alpha value is -2.33. The molecule has 26 heavy (non-hydrogen) atoms. The van der Waals surface area contributed by atoms with Gasteiger partial charge >= 0.3 is 0 Å². The van der Waals surface area contributed by atoms with E-state index in [1.165, 1.54) is 10.9 Å². The second-order valence-electron chi connectivity index (χ2n) is 6.67. The predicted molar refractivity (Wildman–Crippen MR) is 93.4 cm³/mol. The number of amides is 1. The topological polar surface area (TPSA) is 114 Å². The molecule has 4 atom stereocenters. The number of aliphatic hydroxyl groups is 1. The molecule has 0 aliphatic carbocycles. The van der Waals surface area contributed by atoms with Gasteiger partial charge in [0.05, 0.1) is 19.0 Å². The lowest BCUT2D eigenvalue weighted by Gasteiger charge is -2.16. The summed E-state index contributed by atoms with van der Waals surface area (Å²) in [4.78, 5) is 24.8. The minimum absolute atomic E-state index is 0.0995. The van der Waals surface area contributed by atoms with E-state index in [1.807, 2.05) is 0 Å². The summed E-state index contributed by atoms with van der Waals surface area (Å²) in [7, 11) is 1.67. The Morgan fingerprint density at radius 1 is 1.46 bits per heavy atom. The standard InChI is InChI=1S/C16H23FN6O3/c1-7(2)14(25)22-16-20-12(18-4)11-13(21-16)23(6-19-11)15-10(17)8(3)9(5-24)26-15/h6-10,15,24H,5H2,1-4H3,(H2,18,20,21,22,25)/t8-,9-,10-,15-/m1/s1. The highest BCUT2D eigenvalue weighted by Gasteiger charge is 2.43. The van der Waals surface area contributed by atoms with Crippen LogP contribution in [0.5, 0.6) is 0 Å². The first-order chi connectivity index (χ1) is 12.4. The van der Waals surface area contributed by atoms with Crippen LogP contribution in [0.25, 0.3) is 11.2 Å². The van der Waals surface area contributed by atoms with E-state index in [1.54, 1.807) is 27.8 Å². The molecule has 1 aliphatic heterocycles. The van der Waals surface area contributed by atoms with E-state index in [4.69, 9.17) is 4.74 Å². The smallest absolute Gasteiger partial charge is 0.233 e. The molecule has 1 saturated heterocycles. The molecule has 2 aromatic heterocycles. The first-order valence-electron chi connectivity index (χ1n) is 8.51. The van der Waals surface area contributed by atoms with E-state index in [0.29, 0.717) is 17.0 Å². The van der Waals surface area contributed by atoms with Gasteiger partial charge in [-0.1, -0.05) is 20.8 Å². The summed E-state index contributed by atoms with van der Waals surface area (Å²) >= 11 is 0. The fraction of sp³-hybridized carbons (Fsp3) is 0.625. The summed E-state index contributed by atoms with van der Waals surface area (Å²) in [6.45, 7) is 4.94. The molecule has 0 unspecified atom stereocenters. The number of aliphatic hydroxyl groups excluding tert-OH is 1. The van der Waals surface area contributed by atoms with Gasteiger partial charge < -0.3 is 15.2 Å². The lowest BCUT2D eigenvalue weighted by molar-refractivity contribution is -0.118. The quantitative estimate of drug-likeness (QED) is 0.731. The number of nitrogens with one attached hydrogen (secondary N) is 2. The zero-order valence-electron chi connectivity index (χ0n) is 15.1. The van der Waals surface area contributed by atoms with Crippen molar-refractivity contribution in [3.63, 3.8) is 0 Å². The second kappa shape index (κ2) is 7.12. The largest absolute Gasteiger partial charge is 0.394 e. The third-order valence-corrected chi connectivity index (χ3v) is 4.55. The molecule has 3 heterocycles. The van der Waals surface area contributed by atoms with Crippen LogP contribution in [-0.4, -0.2) is 56.5 Å². The van der Waals surface area contributed by atoms with Gasteiger partial charge in [-0.15, -0.1) is 0 Å². The molecule has 0 bridgehead atoms. The molecular weight excluding hydrogens is 343 g/mol. The number of anilines is 2. The Morgan fingerprint density at radius 3 is 2.77 bits per heavy atom. The summed E-state index contributed by atoms with van der Waals surface area (Å²) in [5, 5.41) is 14.9. The van der Waals surface area contributed by atoms with Crippen molar-refractivity contribution in [2.45, 2.75) is 39.3 Å². The van der Waals surface area contributed by atoms with Crippen LogP contribution in [0.2, 0.25) is 0 Å². The molecule has 0 aromatic carbocycles. The fourth-order valence-electron chi connectivity index (χ4n) is 2.86. The minimum atomic E-state index is -1.33. The van der Waals surface area contributed by atoms with E-state index < -0.39 is 24.4 Å². The minimum Gasteiger partial charge on any atom is -0.394 e. The number of hydrogen-bond donors (Lipinski definition) is 3. The number of alkyl halides is 1. The maximum Gasteiger partial charge on any atom is 0.233 e. The van der Waals surface area contributed by atoms with Crippen molar-refractivity contribution in [3.8, 4) is 0 Å². The Balaban J connectivity index is 2.03. The van der Waals surface area contributed by atoms with Crippen molar-refractivity contribution in [1.29, 1.82) is 0 Å². The normalized spacial score (nSPS) is 25.8. The molecule has 0 saturated carbocycles. The molecule has 0 radical (unpaired) electrons. The van der Waals surface area contributed by atoms with Crippen LogP contribution in [0.15, 0.2) is 6.33 Å². The molecule has 1 amide bonds. The summed E-state index contributed by atoms with van der Waals surface area (Å²) in [6.07, 6.45) is -1.46. The van der Waals surface area contributed by atoms with Crippen molar-refractivity contribution in [1.82, 2.24) is 19.5 Å². The van der Waals surface area contributed by atoms with Crippen molar-refractivity contribution in [2.75, 3.05) is 24.3 Å². The third kappa shape index (κ3) is 3.10. The SMILES string of the molecule is CNc1nc(NC(=O)C(C)C)nc2c1ncn2[C@@H]1O[C@H](CO)[C@@H](C)[C@H]1F. The van der Waals surface area contributed by atoms with E-state index in [2.05, 4.69) is 25.6 Å². The third-order valence-electron chi connectivity index (χ3n) is 4.55. The number of halogens is 1. The van der Waals surface area contributed by atoms with E-state index in [-0.39, 0.29) is 24.4 Å². The Labute approximate surface area is 150 Å². The van der Waals surface area contributed by atoms with Crippen LogP contribution >= 0.6 is 0 Å². The number of aromatic nitrogens is 4. The Bertz CT molecular complexity index is 811. The summed E-state index contributed by atoms with van der Waals surface area (Å²) < 4.78 is 21.8. The second-order valence-corrected chi connectivity index (χ2v) is 6.67. The van der Waals surface area contributed by atoms with Gasteiger partial charge in [-0.05, 0) is 0 Å². The van der Waals surface area contributed by atoms with Crippen molar-refractivity contribution in [3.05, 3.63) is 6.33 Å². The Kier molecular flexibility index (Phi) is 5.05. The van der Waals surface area contributed by atoms with Crippen LogP contribution in [-0.2, 0) is 9.53 Å². The summed E-state index contributed by atoms with van der Waals surface area (Å²) in [5.41, 5.74) is 0.771. The van der Waals surface area contributed by atoms with Gasteiger partial charge in [-0.25, -0.2) is 9.37 Å². The number of hydrogen-bond acceptors (Lipinski definition) is 7. The van der Waals surface area contributed by atoms with Gasteiger partial charge in [0, 0.05) is 18.9 Å². The molecule has 10 heteroatoms. The van der Waals surface area contributed by atoms with Gasteiger partial charge in [-0.3, -0.25) is 14.7 Å². The van der Waals surface area contributed by atoms with Crippen LogP contribution in [0, 0.1) is 11.8 Å². The zero-order chi connectivity index (χ0) is 19.0. The molecule has 0 spiro atoms. The van der Waals surface area contributed by atoms with Gasteiger partial charge in [0.2, 0.25) is 11.9 Å². The lowest BCUT2D eigenvalue weighted by atomic mass is 10.0. The predicted octanol–water partition coefficient (Wildman–Crippen LogP) is 1.33. The maximum absolute atomic E-state index is 14.7. The summed E-state index contributed by atoms with van der Waals surface area (Å²) in [5.74, 6) is -0.424. The average Bonchev–Trinajstić information content (AvgIpc) is 3.15. The van der Waals surface area contributed by atoms with Crippen LogP contribution in [0.1, 0.15) is 27.0 Å². The first-order valence-corrected chi connectivity index (χ1v) is 8.51. The van der Waals surface area contributed by atoms with Gasteiger partial charge in [0.25, 0.3) is 0 Å². The van der Waals surface area contributed by atoms with E-state index >= 15 is 0 Å². The Morgan fingerprint density at radius 2 is 2.19 bits per heavy atom. The van der Waals surface area contributed by atoms with Crippen LogP contribution in [0.3, 0.4) is 0 Å². The van der Waals surface area contributed by atoms with Crippen molar-refractivity contribution >= 4 is 28.8 Å². The summed E-state index contributed by atoms with van der Waals surface area (Å²) in [6, 6.07) is 0. The molecule has 9 nitrogen and oxygen atoms in total. The molecule has 3 N–H and O–H groups in total. The van der Waals surface area contributed by atoms with E-state index in [9.17, 15) is 14.3 Å². The highest BCUT2D eigenvalue weighted by Crippen LogP contribution is 2.37. The number of ether oxygens (including phenoxy) is 1. The highest BCUT2D eigenvalue weighted by molar-refractivity contribution is 5.92. The van der Waals surface area contributed by atoms with E-state index in [0.717, 1.165) is 0 Å². The van der Waals surface area contributed by atoms with Crippen LogP contribution in [0.4, 0.5) is 16.2 Å². The molecule has 3 rings (SSSR count). The van der Waals surface area contributed by atoms with Gasteiger partial charge in [-0.2, -0.15) is 9.97 Å². The molecule has 1 aliphatic rings. The maximum atomic E-state index is 14.7. The molecule has 142 valence electrons. The molecule has 1 fully saturated rings. The fourth-order valence-corrected chi connectivity index (χ4v) is 2.86.